The van der Waals surface area contributed by atoms with Crippen molar-refractivity contribution in [1.82, 2.24) is 10.2 Å². The third-order valence-corrected chi connectivity index (χ3v) is 3.85. The van der Waals surface area contributed by atoms with Crippen LogP contribution in [-0.2, 0) is 0 Å². The Morgan fingerprint density at radius 1 is 1.33 bits per heavy atom. The van der Waals surface area contributed by atoms with Crippen LogP contribution in [-0.4, -0.2) is 27.2 Å². The molecule has 2 aromatic heterocycles. The smallest absolute Gasteiger partial charge is 0.345 e. The van der Waals surface area contributed by atoms with E-state index in [9.17, 15) is 14.0 Å². The molecule has 3 N–H and O–H groups in total. The third-order valence-electron chi connectivity index (χ3n) is 2.82. The Morgan fingerprint density at radius 3 is 2.81 bits per heavy atom. The molecule has 0 atom stereocenters. The van der Waals surface area contributed by atoms with Crippen LogP contribution in [0.5, 0.6) is 0 Å². The lowest BCUT2D eigenvalue weighted by atomic mass is 10.2. The standard InChI is InChI=1S/C13H8FN3O3S/c14-8-4-2-1-3-6(8)11(18)15-10-7-5-9(13(19)20)21-12(7)17-16-10/h1-5H,(H,19,20)(H2,15,16,17,18). The lowest BCUT2D eigenvalue weighted by molar-refractivity contribution is 0.0702. The van der Waals surface area contributed by atoms with E-state index in [0.717, 1.165) is 11.3 Å². The summed E-state index contributed by atoms with van der Waals surface area (Å²) in [6.07, 6.45) is 0. The molecule has 1 aromatic carbocycles. The normalized spacial score (nSPS) is 10.7. The summed E-state index contributed by atoms with van der Waals surface area (Å²) in [6.45, 7) is 0. The van der Waals surface area contributed by atoms with Crippen molar-refractivity contribution in [3.05, 3.63) is 46.6 Å². The summed E-state index contributed by atoms with van der Waals surface area (Å²) < 4.78 is 13.5. The Kier molecular flexibility index (Phi) is 3.15. The fourth-order valence-corrected chi connectivity index (χ4v) is 2.68. The molecule has 0 bridgehead atoms. The van der Waals surface area contributed by atoms with Gasteiger partial charge in [0.1, 0.15) is 15.5 Å². The average molecular weight is 305 g/mol. The molecule has 0 saturated carbocycles. The number of halogens is 1. The molecule has 3 rings (SSSR count). The molecule has 0 saturated heterocycles. The lowest BCUT2D eigenvalue weighted by Crippen LogP contribution is -2.14. The van der Waals surface area contributed by atoms with Gasteiger partial charge >= 0.3 is 5.97 Å². The van der Waals surface area contributed by atoms with E-state index < -0.39 is 17.7 Å². The largest absolute Gasteiger partial charge is 0.477 e. The van der Waals surface area contributed by atoms with Crippen molar-refractivity contribution >= 4 is 39.2 Å². The SMILES string of the molecule is O=C(O)c1cc2c(NC(=O)c3ccccc3F)n[nH]c2s1. The van der Waals surface area contributed by atoms with E-state index in [1.165, 1.54) is 24.3 Å². The number of hydrogen-bond acceptors (Lipinski definition) is 4. The van der Waals surface area contributed by atoms with Crippen LogP contribution in [0.25, 0.3) is 10.2 Å². The zero-order valence-corrected chi connectivity index (χ0v) is 11.2. The molecule has 0 spiro atoms. The first kappa shape index (κ1) is 13.3. The average Bonchev–Trinajstić information content (AvgIpc) is 3.01. The topological polar surface area (TPSA) is 95.1 Å². The van der Waals surface area contributed by atoms with E-state index in [1.54, 1.807) is 6.07 Å². The highest BCUT2D eigenvalue weighted by molar-refractivity contribution is 7.20. The van der Waals surface area contributed by atoms with Crippen molar-refractivity contribution in [3.63, 3.8) is 0 Å². The second kappa shape index (κ2) is 4.98. The first-order chi connectivity index (χ1) is 10.1. The minimum absolute atomic E-state index is 0.109. The van der Waals surface area contributed by atoms with Crippen LogP contribution in [0.15, 0.2) is 30.3 Å². The first-order valence-corrected chi connectivity index (χ1v) is 6.65. The van der Waals surface area contributed by atoms with E-state index in [1.807, 2.05) is 0 Å². The first-order valence-electron chi connectivity index (χ1n) is 5.83. The number of aromatic carboxylic acids is 1. The molecule has 2 heterocycles. The van der Waals surface area contributed by atoms with Crippen molar-refractivity contribution in [2.24, 2.45) is 0 Å². The van der Waals surface area contributed by atoms with Gasteiger partial charge in [-0.15, -0.1) is 11.3 Å². The zero-order chi connectivity index (χ0) is 15.0. The monoisotopic (exact) mass is 305 g/mol. The van der Waals surface area contributed by atoms with E-state index >= 15 is 0 Å². The summed E-state index contributed by atoms with van der Waals surface area (Å²) in [6, 6.07) is 6.97. The van der Waals surface area contributed by atoms with Crippen molar-refractivity contribution < 1.29 is 19.1 Å². The molecule has 0 aliphatic rings. The van der Waals surface area contributed by atoms with Crippen LogP contribution in [0.1, 0.15) is 20.0 Å². The van der Waals surface area contributed by atoms with E-state index in [-0.39, 0.29) is 16.3 Å². The van der Waals surface area contributed by atoms with Gasteiger partial charge in [-0.05, 0) is 18.2 Å². The molecule has 1 amide bonds. The zero-order valence-electron chi connectivity index (χ0n) is 10.4. The summed E-state index contributed by atoms with van der Waals surface area (Å²) in [5.41, 5.74) is -0.109. The van der Waals surface area contributed by atoms with Crippen LogP contribution in [0.2, 0.25) is 0 Å². The fourth-order valence-electron chi connectivity index (χ4n) is 1.84. The number of nitrogens with zero attached hydrogens (tertiary/aromatic N) is 1. The van der Waals surface area contributed by atoms with Crippen LogP contribution in [0.3, 0.4) is 0 Å². The number of aromatic amines is 1. The number of thiophene rings is 1. The molecule has 21 heavy (non-hydrogen) atoms. The predicted molar refractivity (Wildman–Crippen MR) is 75.3 cm³/mol. The highest BCUT2D eigenvalue weighted by Crippen LogP contribution is 2.29. The number of amides is 1. The van der Waals surface area contributed by atoms with Crippen molar-refractivity contribution in [2.45, 2.75) is 0 Å². The Bertz CT molecular complexity index is 855. The van der Waals surface area contributed by atoms with Crippen LogP contribution >= 0.6 is 11.3 Å². The molecule has 3 aromatic rings. The van der Waals surface area contributed by atoms with Crippen molar-refractivity contribution in [3.8, 4) is 0 Å². The van der Waals surface area contributed by atoms with Gasteiger partial charge in [-0.1, -0.05) is 12.1 Å². The number of hydrogen-bond donors (Lipinski definition) is 3. The van der Waals surface area contributed by atoms with Gasteiger partial charge in [0.05, 0.1) is 10.9 Å². The van der Waals surface area contributed by atoms with Crippen molar-refractivity contribution in [1.29, 1.82) is 0 Å². The maximum atomic E-state index is 13.5. The summed E-state index contributed by atoms with van der Waals surface area (Å²) in [4.78, 5) is 23.6. The minimum Gasteiger partial charge on any atom is -0.477 e. The molecule has 0 aliphatic carbocycles. The molecule has 8 heteroatoms. The van der Waals surface area contributed by atoms with Crippen LogP contribution in [0.4, 0.5) is 10.2 Å². The Labute approximate surface area is 121 Å². The molecular formula is C13H8FN3O3S. The highest BCUT2D eigenvalue weighted by atomic mass is 32.1. The Balaban J connectivity index is 1.93. The minimum atomic E-state index is -1.06. The van der Waals surface area contributed by atoms with Gasteiger partial charge in [0.2, 0.25) is 0 Å². The van der Waals surface area contributed by atoms with E-state index in [2.05, 4.69) is 15.5 Å². The van der Waals surface area contributed by atoms with E-state index in [4.69, 9.17) is 5.11 Å². The molecule has 0 unspecified atom stereocenters. The summed E-state index contributed by atoms with van der Waals surface area (Å²) >= 11 is 1.01. The van der Waals surface area contributed by atoms with Gasteiger partial charge in [0.25, 0.3) is 5.91 Å². The van der Waals surface area contributed by atoms with Gasteiger partial charge in [0.15, 0.2) is 5.82 Å². The Hall–Kier alpha value is -2.74. The van der Waals surface area contributed by atoms with Crippen molar-refractivity contribution in [2.75, 3.05) is 5.32 Å². The van der Waals surface area contributed by atoms with Gasteiger partial charge in [-0.25, -0.2) is 9.18 Å². The maximum absolute atomic E-state index is 13.5. The van der Waals surface area contributed by atoms with Crippen LogP contribution < -0.4 is 5.32 Å². The summed E-state index contributed by atoms with van der Waals surface area (Å²) in [5.74, 6) is -2.18. The van der Waals surface area contributed by atoms with Gasteiger partial charge in [-0.3, -0.25) is 9.89 Å². The number of carboxylic acid groups (broad SMARTS) is 1. The van der Waals surface area contributed by atoms with Gasteiger partial charge < -0.3 is 10.4 Å². The second-order valence-corrected chi connectivity index (χ2v) is 5.22. The number of anilines is 1. The van der Waals surface area contributed by atoms with Gasteiger partial charge in [-0.2, -0.15) is 5.10 Å². The fraction of sp³-hybridized carbons (Fsp3) is 0. The number of carbonyl (C=O) groups is 2. The third kappa shape index (κ3) is 2.36. The molecule has 0 fully saturated rings. The maximum Gasteiger partial charge on any atom is 0.345 e. The molecule has 0 aliphatic heterocycles. The number of aromatic nitrogens is 2. The number of carbonyl (C=O) groups excluding carboxylic acids is 1. The summed E-state index contributed by atoms with van der Waals surface area (Å²) in [5, 5.41) is 18.4. The highest BCUT2D eigenvalue weighted by Gasteiger charge is 2.17. The number of benzene rings is 1. The summed E-state index contributed by atoms with van der Waals surface area (Å²) in [7, 11) is 0. The molecule has 0 radical (unpaired) electrons. The van der Waals surface area contributed by atoms with Crippen LogP contribution in [0, 0.1) is 5.82 Å². The Morgan fingerprint density at radius 2 is 2.10 bits per heavy atom. The number of H-pyrrole nitrogens is 1. The van der Waals surface area contributed by atoms with Gasteiger partial charge in [0, 0.05) is 0 Å². The number of carboxylic acids is 1. The molecular weight excluding hydrogens is 297 g/mol. The lowest BCUT2D eigenvalue weighted by Gasteiger charge is -2.02. The quantitative estimate of drug-likeness (QED) is 0.693. The number of fused-ring (bicyclic) bond motifs is 1. The second-order valence-electron chi connectivity index (χ2n) is 4.16. The molecule has 6 nitrogen and oxygen atoms in total. The number of nitrogens with one attached hydrogen (secondary N) is 2. The predicted octanol–water partition coefficient (Wildman–Crippen LogP) is 2.71. The molecule has 106 valence electrons. The number of rotatable bonds is 3. The van der Waals surface area contributed by atoms with E-state index in [0.29, 0.717) is 10.2 Å².